The topological polar surface area (TPSA) is 58.2 Å². The first-order valence-electron chi connectivity index (χ1n) is 7.27. The molecule has 7 heteroatoms. The molecule has 4 nitrogen and oxygen atoms in total. The van der Waals surface area contributed by atoms with E-state index in [9.17, 15) is 9.59 Å². The third-order valence-corrected chi connectivity index (χ3v) is 4.85. The monoisotopic (exact) mass is 382 g/mol. The molecular formula is C17H13Cl3N2O2. The molecule has 1 aliphatic rings. The molecule has 0 heterocycles. The van der Waals surface area contributed by atoms with E-state index in [0.717, 1.165) is 0 Å². The molecular weight excluding hydrogens is 371 g/mol. The van der Waals surface area contributed by atoms with Crippen LogP contribution in [-0.2, 0) is 9.59 Å². The second-order valence-electron chi connectivity index (χ2n) is 5.54. The summed E-state index contributed by atoms with van der Waals surface area (Å²) in [6, 6.07) is 11.8. The first kappa shape index (κ1) is 17.1. The molecule has 124 valence electrons. The van der Waals surface area contributed by atoms with Gasteiger partial charge < -0.3 is 10.6 Å². The summed E-state index contributed by atoms with van der Waals surface area (Å²) >= 11 is 17.8. The molecule has 1 fully saturated rings. The van der Waals surface area contributed by atoms with Crippen molar-refractivity contribution in [2.75, 3.05) is 10.6 Å². The maximum absolute atomic E-state index is 12.2. The van der Waals surface area contributed by atoms with Crippen molar-refractivity contribution in [1.82, 2.24) is 0 Å². The van der Waals surface area contributed by atoms with Gasteiger partial charge in [0.1, 0.15) is 0 Å². The Morgan fingerprint density at radius 2 is 1.50 bits per heavy atom. The molecule has 2 aromatic rings. The highest BCUT2D eigenvalue weighted by atomic mass is 35.5. The molecule has 0 bridgehead atoms. The van der Waals surface area contributed by atoms with Crippen LogP contribution in [0.25, 0.3) is 0 Å². The highest BCUT2D eigenvalue weighted by Gasteiger charge is 2.48. The van der Waals surface area contributed by atoms with Crippen molar-refractivity contribution >= 4 is 58.0 Å². The van der Waals surface area contributed by atoms with E-state index in [2.05, 4.69) is 10.6 Å². The van der Waals surface area contributed by atoms with Gasteiger partial charge in [0.2, 0.25) is 11.8 Å². The summed E-state index contributed by atoms with van der Waals surface area (Å²) in [5.41, 5.74) is 1.09. The van der Waals surface area contributed by atoms with Crippen LogP contribution < -0.4 is 10.6 Å². The number of rotatable bonds is 4. The van der Waals surface area contributed by atoms with Crippen molar-refractivity contribution in [3.63, 3.8) is 0 Å². The normalized spacial score (nSPS) is 18.8. The van der Waals surface area contributed by atoms with Crippen LogP contribution in [0, 0.1) is 11.8 Å². The Bertz CT molecular complexity index is 810. The van der Waals surface area contributed by atoms with Crippen molar-refractivity contribution in [1.29, 1.82) is 0 Å². The quantitative estimate of drug-likeness (QED) is 0.792. The second-order valence-corrected chi connectivity index (χ2v) is 6.76. The Balaban J connectivity index is 1.58. The van der Waals surface area contributed by atoms with Crippen LogP contribution >= 0.6 is 34.8 Å². The zero-order valence-corrected chi connectivity index (χ0v) is 14.6. The van der Waals surface area contributed by atoms with E-state index in [1.165, 1.54) is 0 Å². The third-order valence-electron chi connectivity index (χ3n) is 3.78. The van der Waals surface area contributed by atoms with Gasteiger partial charge in [-0.2, -0.15) is 0 Å². The summed E-state index contributed by atoms with van der Waals surface area (Å²) in [6.45, 7) is 0. The van der Waals surface area contributed by atoms with E-state index < -0.39 is 0 Å². The summed E-state index contributed by atoms with van der Waals surface area (Å²) in [7, 11) is 0. The molecule has 0 radical (unpaired) electrons. The first-order valence-corrected chi connectivity index (χ1v) is 8.40. The van der Waals surface area contributed by atoms with Crippen LogP contribution in [0.15, 0.2) is 42.5 Å². The van der Waals surface area contributed by atoms with Gasteiger partial charge in [-0.3, -0.25) is 9.59 Å². The van der Waals surface area contributed by atoms with Gasteiger partial charge in [0.25, 0.3) is 0 Å². The number of carbonyl (C=O) groups is 2. The summed E-state index contributed by atoms with van der Waals surface area (Å²) in [6.07, 6.45) is 0.503. The molecule has 0 spiro atoms. The number of para-hydroxylation sites is 1. The minimum absolute atomic E-state index is 0.211. The Kier molecular flexibility index (Phi) is 4.99. The minimum Gasteiger partial charge on any atom is -0.326 e. The van der Waals surface area contributed by atoms with E-state index in [-0.39, 0.29) is 23.7 Å². The molecule has 2 aromatic carbocycles. The molecule has 2 amide bonds. The van der Waals surface area contributed by atoms with Crippen LogP contribution in [-0.4, -0.2) is 11.8 Å². The highest BCUT2D eigenvalue weighted by molar-refractivity contribution is 6.42. The van der Waals surface area contributed by atoms with E-state index in [4.69, 9.17) is 34.8 Å². The molecule has 1 aliphatic carbocycles. The largest absolute Gasteiger partial charge is 0.326 e. The summed E-state index contributed by atoms with van der Waals surface area (Å²) in [4.78, 5) is 24.4. The second kappa shape index (κ2) is 7.01. The molecule has 2 N–H and O–H groups in total. The number of anilines is 2. The molecule has 0 aromatic heterocycles. The van der Waals surface area contributed by atoms with Crippen molar-refractivity contribution in [3.05, 3.63) is 57.5 Å². The lowest BCUT2D eigenvalue weighted by Gasteiger charge is -2.08. The van der Waals surface area contributed by atoms with Crippen molar-refractivity contribution in [3.8, 4) is 0 Å². The number of carbonyl (C=O) groups excluding carboxylic acids is 2. The number of halogens is 3. The van der Waals surface area contributed by atoms with Crippen molar-refractivity contribution in [2.24, 2.45) is 11.8 Å². The van der Waals surface area contributed by atoms with E-state index in [0.29, 0.717) is 32.9 Å². The summed E-state index contributed by atoms with van der Waals surface area (Å²) < 4.78 is 0. The van der Waals surface area contributed by atoms with E-state index in [1.54, 1.807) is 42.5 Å². The standard InChI is InChI=1S/C17H13Cl3N2O2/c18-12-6-5-9(7-14(12)20)21-16(23)10-8-11(10)17(24)22-15-4-2-1-3-13(15)19/h1-7,10-11H,8H2,(H,21,23)(H,22,24). The van der Waals surface area contributed by atoms with Gasteiger partial charge >= 0.3 is 0 Å². The van der Waals surface area contributed by atoms with E-state index >= 15 is 0 Å². The Morgan fingerprint density at radius 3 is 2.17 bits per heavy atom. The number of nitrogens with one attached hydrogen (secondary N) is 2. The molecule has 1 saturated carbocycles. The Labute approximate surface area is 154 Å². The lowest BCUT2D eigenvalue weighted by atomic mass is 10.2. The maximum atomic E-state index is 12.2. The highest BCUT2D eigenvalue weighted by Crippen LogP contribution is 2.41. The van der Waals surface area contributed by atoms with Gasteiger partial charge in [-0.1, -0.05) is 46.9 Å². The predicted octanol–water partition coefficient (Wildman–Crippen LogP) is 4.86. The van der Waals surface area contributed by atoms with Gasteiger partial charge in [-0.05, 0) is 36.8 Å². The summed E-state index contributed by atoms with van der Waals surface area (Å²) in [5, 5.41) is 6.73. The van der Waals surface area contributed by atoms with Gasteiger partial charge in [0.15, 0.2) is 0 Å². The molecule has 0 aliphatic heterocycles. The first-order chi connectivity index (χ1) is 11.5. The van der Waals surface area contributed by atoms with Gasteiger partial charge in [-0.15, -0.1) is 0 Å². The third kappa shape index (κ3) is 3.83. The van der Waals surface area contributed by atoms with Gasteiger partial charge in [-0.25, -0.2) is 0 Å². The zero-order valence-electron chi connectivity index (χ0n) is 12.4. The maximum Gasteiger partial charge on any atom is 0.228 e. The van der Waals surface area contributed by atoms with Gasteiger partial charge in [0.05, 0.1) is 32.6 Å². The lowest BCUT2D eigenvalue weighted by molar-refractivity contribution is -0.122. The van der Waals surface area contributed by atoms with Crippen LogP contribution in [0.1, 0.15) is 6.42 Å². The van der Waals surface area contributed by atoms with Crippen LogP contribution in [0.4, 0.5) is 11.4 Å². The van der Waals surface area contributed by atoms with Crippen molar-refractivity contribution < 1.29 is 9.59 Å². The van der Waals surface area contributed by atoms with Crippen LogP contribution in [0.5, 0.6) is 0 Å². The molecule has 3 rings (SSSR count). The smallest absolute Gasteiger partial charge is 0.228 e. The number of hydrogen-bond acceptors (Lipinski definition) is 2. The Hall–Kier alpha value is -1.75. The fraction of sp³-hybridized carbons (Fsp3) is 0.176. The Morgan fingerprint density at radius 1 is 0.833 bits per heavy atom. The zero-order chi connectivity index (χ0) is 17.3. The number of amides is 2. The summed E-state index contributed by atoms with van der Waals surface area (Å²) in [5.74, 6) is -1.14. The average molecular weight is 384 g/mol. The van der Waals surface area contributed by atoms with Crippen molar-refractivity contribution in [2.45, 2.75) is 6.42 Å². The fourth-order valence-corrected chi connectivity index (χ4v) is 2.85. The van der Waals surface area contributed by atoms with Crippen LogP contribution in [0.2, 0.25) is 15.1 Å². The molecule has 2 atom stereocenters. The number of benzene rings is 2. The number of hydrogen-bond donors (Lipinski definition) is 2. The van der Waals surface area contributed by atoms with E-state index in [1.807, 2.05) is 0 Å². The van der Waals surface area contributed by atoms with Crippen LogP contribution in [0.3, 0.4) is 0 Å². The SMILES string of the molecule is O=C(Nc1ccc(Cl)c(Cl)c1)C1CC1C(=O)Nc1ccccc1Cl. The average Bonchev–Trinajstić information content (AvgIpc) is 3.34. The predicted molar refractivity (Wildman–Crippen MR) is 96.8 cm³/mol. The molecule has 24 heavy (non-hydrogen) atoms. The lowest BCUT2D eigenvalue weighted by Crippen LogP contribution is -2.20. The minimum atomic E-state index is -0.359. The molecule has 0 saturated heterocycles. The molecule has 2 unspecified atom stereocenters. The van der Waals surface area contributed by atoms with Gasteiger partial charge in [0, 0.05) is 5.69 Å². The fourth-order valence-electron chi connectivity index (χ4n) is 2.37.